The number of aromatic hydroxyl groups is 1. The van der Waals surface area contributed by atoms with E-state index >= 15 is 0 Å². The van der Waals surface area contributed by atoms with Crippen molar-refractivity contribution in [1.82, 2.24) is 15.1 Å². The molecule has 0 unspecified atom stereocenters. The molecule has 1 aromatic carbocycles. The van der Waals surface area contributed by atoms with Crippen molar-refractivity contribution in [3.63, 3.8) is 0 Å². The van der Waals surface area contributed by atoms with E-state index in [1.165, 1.54) is 0 Å². The third-order valence-corrected chi connectivity index (χ3v) is 5.88. The van der Waals surface area contributed by atoms with Gasteiger partial charge in [0.15, 0.2) is 5.82 Å². The Balaban J connectivity index is 1.65. The average Bonchev–Trinajstić information content (AvgIpc) is 2.64. The lowest BCUT2D eigenvalue weighted by molar-refractivity contribution is -0.136. The number of likely N-dealkylation sites (N-methyl/N-ethyl adjacent to an activating group) is 1. The third kappa shape index (κ3) is 3.13. The number of aryl methyl sites for hydroxylation is 2. The monoisotopic (exact) mass is 366 g/mol. The minimum atomic E-state index is -0.132. The summed E-state index contributed by atoms with van der Waals surface area (Å²) in [5.41, 5.74) is 3.34. The van der Waals surface area contributed by atoms with Crippen molar-refractivity contribution in [2.75, 3.05) is 25.0 Å². The number of fused-ring (bicyclic) bond motifs is 1. The van der Waals surface area contributed by atoms with Crippen molar-refractivity contribution in [2.45, 2.75) is 39.2 Å². The molecule has 4 rings (SSSR count). The molecule has 2 aromatic rings. The molecule has 142 valence electrons. The molecule has 1 amide bonds. The molecule has 0 spiro atoms. The van der Waals surface area contributed by atoms with Gasteiger partial charge < -0.3 is 14.9 Å². The number of benzene rings is 1. The molecule has 0 radical (unpaired) electrons. The maximum atomic E-state index is 12.8. The van der Waals surface area contributed by atoms with E-state index in [9.17, 15) is 9.90 Å². The second-order valence-corrected chi connectivity index (χ2v) is 7.84. The number of piperidine rings is 2. The Morgan fingerprint density at radius 2 is 1.93 bits per heavy atom. The molecular weight excluding hydrogens is 340 g/mol. The standard InChI is InChI=1S/C21H26N4O2/c1-13-11-14(2)19(17(26)12-13)16-6-7-18(23-22-16)25-9-4-5-15-8-10-24(3)21(27)20(15)25/h6-7,11-12,15,20,26H,4-5,8-10H2,1-3H3/t15-,20-/m1/s1. The molecule has 3 heterocycles. The number of rotatable bonds is 2. The molecule has 2 saturated heterocycles. The maximum Gasteiger partial charge on any atom is 0.245 e. The molecule has 2 aliphatic heterocycles. The summed E-state index contributed by atoms with van der Waals surface area (Å²) in [5.74, 6) is 1.54. The van der Waals surface area contributed by atoms with Gasteiger partial charge in [0.25, 0.3) is 0 Å². The van der Waals surface area contributed by atoms with Crippen LogP contribution in [0.1, 0.15) is 30.4 Å². The minimum Gasteiger partial charge on any atom is -0.507 e. The van der Waals surface area contributed by atoms with E-state index in [4.69, 9.17) is 0 Å². The number of carbonyl (C=O) groups excluding carboxylic acids is 1. The van der Waals surface area contributed by atoms with E-state index in [0.717, 1.165) is 49.3 Å². The van der Waals surface area contributed by atoms with Crippen molar-refractivity contribution in [3.05, 3.63) is 35.4 Å². The Kier molecular flexibility index (Phi) is 4.50. The van der Waals surface area contributed by atoms with Gasteiger partial charge in [-0.3, -0.25) is 4.79 Å². The van der Waals surface area contributed by atoms with Crippen LogP contribution >= 0.6 is 0 Å². The van der Waals surface area contributed by atoms with Crippen LogP contribution in [0.25, 0.3) is 11.3 Å². The van der Waals surface area contributed by atoms with Gasteiger partial charge in [-0.25, -0.2) is 0 Å². The SMILES string of the molecule is Cc1cc(C)c(-c2ccc(N3CCC[C@@H]4CCN(C)C(=O)[C@@H]43)nn2)c(O)c1. The average molecular weight is 366 g/mol. The zero-order valence-electron chi connectivity index (χ0n) is 16.1. The van der Waals surface area contributed by atoms with E-state index in [2.05, 4.69) is 15.1 Å². The van der Waals surface area contributed by atoms with E-state index in [-0.39, 0.29) is 17.7 Å². The number of nitrogens with zero attached hydrogens (tertiary/aromatic N) is 4. The second kappa shape index (κ2) is 6.83. The molecule has 0 aliphatic carbocycles. The summed E-state index contributed by atoms with van der Waals surface area (Å²) in [4.78, 5) is 16.7. The van der Waals surface area contributed by atoms with Gasteiger partial charge in [-0.2, -0.15) is 0 Å². The third-order valence-electron chi connectivity index (χ3n) is 5.88. The Bertz CT molecular complexity index is 842. The molecule has 0 saturated carbocycles. The van der Waals surface area contributed by atoms with E-state index in [0.29, 0.717) is 17.2 Å². The van der Waals surface area contributed by atoms with Gasteiger partial charge in [0, 0.05) is 25.7 Å². The lowest BCUT2D eigenvalue weighted by Crippen LogP contribution is -2.58. The fourth-order valence-electron chi connectivity index (χ4n) is 4.56. The van der Waals surface area contributed by atoms with E-state index < -0.39 is 0 Å². The van der Waals surface area contributed by atoms with Gasteiger partial charge in [0.05, 0.1) is 5.69 Å². The Labute approximate surface area is 159 Å². The molecule has 2 aliphatic rings. The summed E-state index contributed by atoms with van der Waals surface area (Å²) < 4.78 is 0. The zero-order chi connectivity index (χ0) is 19.1. The second-order valence-electron chi connectivity index (χ2n) is 7.84. The van der Waals surface area contributed by atoms with Gasteiger partial charge in [-0.05, 0) is 68.4 Å². The van der Waals surface area contributed by atoms with E-state index in [1.807, 2.05) is 44.0 Å². The number of phenols is 1. The highest BCUT2D eigenvalue weighted by Gasteiger charge is 2.41. The smallest absolute Gasteiger partial charge is 0.245 e. The first kappa shape index (κ1) is 17.8. The summed E-state index contributed by atoms with van der Waals surface area (Å²) in [7, 11) is 1.88. The normalized spacial score (nSPS) is 22.7. The number of likely N-dealkylation sites (tertiary alicyclic amines) is 1. The molecule has 6 nitrogen and oxygen atoms in total. The van der Waals surface area contributed by atoms with Gasteiger partial charge >= 0.3 is 0 Å². The number of aromatic nitrogens is 2. The largest absolute Gasteiger partial charge is 0.507 e. The van der Waals surface area contributed by atoms with Crippen LogP contribution in [0.3, 0.4) is 0 Å². The maximum absolute atomic E-state index is 12.8. The lowest BCUT2D eigenvalue weighted by atomic mass is 9.83. The quantitative estimate of drug-likeness (QED) is 0.885. The molecule has 2 fully saturated rings. The van der Waals surface area contributed by atoms with Gasteiger partial charge in [0.1, 0.15) is 11.8 Å². The lowest BCUT2D eigenvalue weighted by Gasteiger charge is -2.45. The van der Waals surface area contributed by atoms with Crippen LogP contribution in [0.2, 0.25) is 0 Å². The zero-order valence-corrected chi connectivity index (χ0v) is 16.1. The summed E-state index contributed by atoms with van der Waals surface area (Å²) in [5, 5.41) is 19.1. The summed E-state index contributed by atoms with van der Waals surface area (Å²) >= 11 is 0. The van der Waals surface area contributed by atoms with Crippen molar-refractivity contribution >= 4 is 11.7 Å². The van der Waals surface area contributed by atoms with Crippen LogP contribution in [0.5, 0.6) is 5.75 Å². The van der Waals surface area contributed by atoms with Gasteiger partial charge in [-0.15, -0.1) is 10.2 Å². The summed E-state index contributed by atoms with van der Waals surface area (Å²) in [6, 6.07) is 7.44. The predicted octanol–water partition coefficient (Wildman–Crippen LogP) is 2.91. The summed E-state index contributed by atoms with van der Waals surface area (Å²) in [6.45, 7) is 5.58. The number of hydrogen-bond donors (Lipinski definition) is 1. The highest BCUT2D eigenvalue weighted by atomic mass is 16.3. The highest BCUT2D eigenvalue weighted by Crippen LogP contribution is 2.35. The first-order valence-corrected chi connectivity index (χ1v) is 9.61. The van der Waals surface area contributed by atoms with Crippen LogP contribution in [0.4, 0.5) is 5.82 Å². The van der Waals surface area contributed by atoms with Crippen molar-refractivity contribution < 1.29 is 9.90 Å². The molecule has 6 heteroatoms. The molecule has 1 N–H and O–H groups in total. The Hall–Kier alpha value is -2.63. The Morgan fingerprint density at radius 3 is 2.63 bits per heavy atom. The van der Waals surface area contributed by atoms with Crippen LogP contribution in [0.15, 0.2) is 24.3 Å². The van der Waals surface area contributed by atoms with Crippen LogP contribution < -0.4 is 4.90 Å². The highest BCUT2D eigenvalue weighted by molar-refractivity contribution is 5.86. The van der Waals surface area contributed by atoms with Crippen molar-refractivity contribution in [1.29, 1.82) is 0 Å². The first-order chi connectivity index (χ1) is 13.0. The minimum absolute atomic E-state index is 0.132. The predicted molar refractivity (Wildman–Crippen MR) is 105 cm³/mol. The van der Waals surface area contributed by atoms with Crippen LogP contribution in [-0.4, -0.2) is 52.3 Å². The number of hydrogen-bond acceptors (Lipinski definition) is 5. The molecule has 2 atom stereocenters. The number of amides is 1. The molecular formula is C21H26N4O2. The molecule has 27 heavy (non-hydrogen) atoms. The van der Waals surface area contributed by atoms with Gasteiger partial charge in [0.2, 0.25) is 5.91 Å². The summed E-state index contributed by atoms with van der Waals surface area (Å²) in [6.07, 6.45) is 3.22. The van der Waals surface area contributed by atoms with Crippen LogP contribution in [-0.2, 0) is 4.79 Å². The van der Waals surface area contributed by atoms with Crippen molar-refractivity contribution in [2.24, 2.45) is 5.92 Å². The first-order valence-electron chi connectivity index (χ1n) is 9.61. The fourth-order valence-corrected chi connectivity index (χ4v) is 4.56. The number of carbonyl (C=O) groups is 1. The topological polar surface area (TPSA) is 69.6 Å². The molecule has 0 bridgehead atoms. The fraction of sp³-hybridized carbons (Fsp3) is 0.476. The van der Waals surface area contributed by atoms with Crippen molar-refractivity contribution in [3.8, 4) is 17.0 Å². The van der Waals surface area contributed by atoms with E-state index in [1.54, 1.807) is 6.07 Å². The van der Waals surface area contributed by atoms with Crippen LogP contribution in [0, 0.1) is 19.8 Å². The number of anilines is 1. The number of phenolic OH excluding ortho intramolecular Hbond substituents is 1. The van der Waals surface area contributed by atoms with Gasteiger partial charge in [-0.1, -0.05) is 6.07 Å². The Morgan fingerprint density at radius 1 is 1.11 bits per heavy atom. The molecule has 1 aromatic heterocycles.